The summed E-state index contributed by atoms with van der Waals surface area (Å²) >= 11 is 0. The smallest absolute Gasteiger partial charge is 0.0541 e. The molecule has 1 aliphatic rings. The molecule has 0 aromatic carbocycles. The van der Waals surface area contributed by atoms with Gasteiger partial charge in [0.05, 0.1) is 5.69 Å². The van der Waals surface area contributed by atoms with E-state index in [1.54, 1.807) is 5.57 Å². The Morgan fingerprint density at radius 1 is 1.24 bits per heavy atom. The average Bonchev–Trinajstić information content (AvgIpc) is 2.37. The summed E-state index contributed by atoms with van der Waals surface area (Å²) in [6, 6.07) is 6.05. The van der Waals surface area contributed by atoms with Crippen LogP contribution in [0.4, 0.5) is 0 Å². The number of halogens is 1. The zero-order chi connectivity index (χ0) is 11.1. The third kappa shape index (κ3) is 5.33. The monoisotopic (exact) mass is 251 g/mol. The third-order valence-corrected chi connectivity index (χ3v) is 3.04. The van der Waals surface area contributed by atoms with E-state index in [2.05, 4.69) is 22.4 Å². The first-order chi connectivity index (χ1) is 7.95. The fraction of sp³-hybridized carbons (Fsp3) is 0.500. The van der Waals surface area contributed by atoms with Gasteiger partial charge in [-0.15, -0.1) is 0 Å². The number of rotatable bonds is 5. The standard InChI is InChI=1S/C14H20N2.ClH/c1-2-6-13(7-3-1)9-11-15-12-14-8-4-5-10-16-14;/h4-6,8,10,15H,1-3,7,9,11-12H2;1H/p-1. The second-order valence-corrected chi connectivity index (χ2v) is 4.36. The summed E-state index contributed by atoms with van der Waals surface area (Å²) in [6.07, 6.45) is 10.8. The van der Waals surface area contributed by atoms with E-state index >= 15 is 0 Å². The van der Waals surface area contributed by atoms with Crippen LogP contribution in [0, 0.1) is 0 Å². The average molecular weight is 252 g/mol. The summed E-state index contributed by atoms with van der Waals surface area (Å²) in [4.78, 5) is 4.29. The van der Waals surface area contributed by atoms with Gasteiger partial charge >= 0.3 is 0 Å². The molecule has 1 aromatic heterocycles. The van der Waals surface area contributed by atoms with Gasteiger partial charge in [0, 0.05) is 12.7 Å². The second kappa shape index (κ2) is 8.26. The Hall–Kier alpha value is -0.860. The van der Waals surface area contributed by atoms with Gasteiger partial charge < -0.3 is 17.7 Å². The number of hydrogen-bond acceptors (Lipinski definition) is 2. The van der Waals surface area contributed by atoms with Crippen molar-refractivity contribution in [2.75, 3.05) is 6.54 Å². The Kier molecular flexibility index (Phi) is 6.90. The van der Waals surface area contributed by atoms with Crippen molar-refractivity contribution in [2.45, 2.75) is 38.6 Å². The van der Waals surface area contributed by atoms with Crippen LogP contribution in [0.15, 0.2) is 36.0 Å². The lowest BCUT2D eigenvalue weighted by Gasteiger charge is -2.12. The molecule has 0 fully saturated rings. The Labute approximate surface area is 110 Å². The van der Waals surface area contributed by atoms with Crippen molar-refractivity contribution in [3.05, 3.63) is 41.7 Å². The number of nitrogens with one attached hydrogen (secondary N) is 1. The van der Waals surface area contributed by atoms with E-state index in [1.807, 2.05) is 18.3 Å². The quantitative estimate of drug-likeness (QED) is 0.592. The van der Waals surface area contributed by atoms with Gasteiger partial charge in [-0.1, -0.05) is 17.7 Å². The second-order valence-electron chi connectivity index (χ2n) is 4.36. The predicted molar refractivity (Wildman–Crippen MR) is 67.1 cm³/mol. The van der Waals surface area contributed by atoms with Crippen molar-refractivity contribution < 1.29 is 12.4 Å². The van der Waals surface area contributed by atoms with Crippen molar-refractivity contribution >= 4 is 0 Å². The molecule has 0 saturated carbocycles. The van der Waals surface area contributed by atoms with Gasteiger partial charge in [-0.05, 0) is 50.8 Å². The van der Waals surface area contributed by atoms with E-state index in [0.717, 1.165) is 18.8 Å². The van der Waals surface area contributed by atoms with E-state index in [4.69, 9.17) is 0 Å². The molecular formula is C14H20ClN2-. The van der Waals surface area contributed by atoms with Crippen LogP contribution in [0.1, 0.15) is 37.8 Å². The minimum Gasteiger partial charge on any atom is -1.00 e. The van der Waals surface area contributed by atoms with Gasteiger partial charge in [0.2, 0.25) is 0 Å². The summed E-state index contributed by atoms with van der Waals surface area (Å²) in [7, 11) is 0. The Morgan fingerprint density at radius 2 is 2.18 bits per heavy atom. The summed E-state index contributed by atoms with van der Waals surface area (Å²) in [5.41, 5.74) is 2.76. The fourth-order valence-corrected chi connectivity index (χ4v) is 2.10. The minimum absolute atomic E-state index is 0. The molecule has 0 aliphatic heterocycles. The number of allylic oxidation sites excluding steroid dienone is 1. The first-order valence-corrected chi connectivity index (χ1v) is 6.24. The molecule has 0 bridgehead atoms. The molecule has 0 spiro atoms. The van der Waals surface area contributed by atoms with Crippen molar-refractivity contribution in [1.82, 2.24) is 10.3 Å². The molecule has 0 unspecified atom stereocenters. The number of nitrogens with zero attached hydrogens (tertiary/aromatic N) is 1. The molecule has 17 heavy (non-hydrogen) atoms. The Bertz CT molecular complexity index is 335. The Morgan fingerprint density at radius 3 is 2.88 bits per heavy atom. The summed E-state index contributed by atoms with van der Waals surface area (Å²) in [5, 5.41) is 3.45. The van der Waals surface area contributed by atoms with Crippen molar-refractivity contribution in [1.29, 1.82) is 0 Å². The minimum atomic E-state index is 0. The van der Waals surface area contributed by atoms with Gasteiger partial charge in [0.25, 0.3) is 0 Å². The van der Waals surface area contributed by atoms with Crippen LogP contribution in [-0.2, 0) is 6.54 Å². The summed E-state index contributed by atoms with van der Waals surface area (Å²) < 4.78 is 0. The third-order valence-electron chi connectivity index (χ3n) is 3.04. The maximum absolute atomic E-state index is 4.29. The maximum atomic E-state index is 4.29. The molecule has 3 heteroatoms. The zero-order valence-corrected chi connectivity index (χ0v) is 10.9. The lowest BCUT2D eigenvalue weighted by atomic mass is 9.97. The molecule has 1 aliphatic carbocycles. The van der Waals surface area contributed by atoms with Crippen LogP contribution in [0.25, 0.3) is 0 Å². The van der Waals surface area contributed by atoms with Crippen LogP contribution in [0.5, 0.6) is 0 Å². The largest absolute Gasteiger partial charge is 1.00 e. The molecule has 0 radical (unpaired) electrons. The topological polar surface area (TPSA) is 24.9 Å². The lowest BCUT2D eigenvalue weighted by Crippen LogP contribution is -3.00. The van der Waals surface area contributed by atoms with Crippen LogP contribution in [0.2, 0.25) is 0 Å². The molecular weight excluding hydrogens is 232 g/mol. The molecule has 1 N–H and O–H groups in total. The number of hydrogen-bond donors (Lipinski definition) is 1. The van der Waals surface area contributed by atoms with Gasteiger partial charge in [-0.3, -0.25) is 4.98 Å². The van der Waals surface area contributed by atoms with Crippen LogP contribution < -0.4 is 17.7 Å². The first kappa shape index (κ1) is 14.2. The Balaban J connectivity index is 0.00000144. The van der Waals surface area contributed by atoms with Crippen molar-refractivity contribution in [2.24, 2.45) is 0 Å². The SMILES string of the molecule is C1=C(CCNCc2ccccn2)CCCC1.[Cl-]. The molecule has 2 nitrogen and oxygen atoms in total. The van der Waals surface area contributed by atoms with E-state index in [9.17, 15) is 0 Å². The molecule has 1 aromatic rings. The summed E-state index contributed by atoms with van der Waals surface area (Å²) in [6.45, 7) is 1.95. The normalized spacial score (nSPS) is 14.9. The molecule has 94 valence electrons. The highest BCUT2D eigenvalue weighted by atomic mass is 35.5. The fourth-order valence-electron chi connectivity index (χ4n) is 2.10. The van der Waals surface area contributed by atoms with Gasteiger partial charge in [-0.2, -0.15) is 0 Å². The molecule has 0 amide bonds. The van der Waals surface area contributed by atoms with E-state index < -0.39 is 0 Å². The zero-order valence-electron chi connectivity index (χ0n) is 10.2. The van der Waals surface area contributed by atoms with E-state index in [1.165, 1.54) is 32.1 Å². The predicted octanol–water partition coefficient (Wildman–Crippen LogP) is 0.0657. The van der Waals surface area contributed by atoms with Crippen LogP contribution >= 0.6 is 0 Å². The highest BCUT2D eigenvalue weighted by Gasteiger charge is 2.02. The van der Waals surface area contributed by atoms with Gasteiger partial charge in [0.1, 0.15) is 0 Å². The van der Waals surface area contributed by atoms with Crippen molar-refractivity contribution in [3.8, 4) is 0 Å². The number of aromatic nitrogens is 1. The summed E-state index contributed by atoms with van der Waals surface area (Å²) in [5.74, 6) is 0. The highest BCUT2D eigenvalue weighted by Crippen LogP contribution is 2.19. The number of pyridine rings is 1. The maximum Gasteiger partial charge on any atom is 0.0541 e. The molecule has 0 saturated heterocycles. The lowest BCUT2D eigenvalue weighted by molar-refractivity contribution is -0.00000344. The van der Waals surface area contributed by atoms with Crippen LogP contribution in [0.3, 0.4) is 0 Å². The van der Waals surface area contributed by atoms with Crippen LogP contribution in [-0.4, -0.2) is 11.5 Å². The highest BCUT2D eigenvalue weighted by molar-refractivity contribution is 5.06. The molecule has 2 rings (SSSR count). The van der Waals surface area contributed by atoms with E-state index in [0.29, 0.717) is 0 Å². The molecule has 1 heterocycles. The van der Waals surface area contributed by atoms with Crippen molar-refractivity contribution in [3.63, 3.8) is 0 Å². The van der Waals surface area contributed by atoms with Gasteiger partial charge in [-0.25, -0.2) is 0 Å². The molecule has 0 atom stereocenters. The van der Waals surface area contributed by atoms with Gasteiger partial charge in [0.15, 0.2) is 0 Å². The van der Waals surface area contributed by atoms with E-state index in [-0.39, 0.29) is 12.4 Å². The first-order valence-electron chi connectivity index (χ1n) is 6.24.